The van der Waals surface area contributed by atoms with E-state index in [1.165, 1.54) is 19.5 Å². The maximum atomic E-state index is 13.0. The fourth-order valence-corrected chi connectivity index (χ4v) is 4.98. The number of carbonyl (C=O) groups excluding carboxylic acids is 1. The highest BCUT2D eigenvalue weighted by Crippen LogP contribution is 2.29. The number of aromatic nitrogens is 1. The summed E-state index contributed by atoms with van der Waals surface area (Å²) < 4.78 is 33.7. The minimum atomic E-state index is -3.97. The number of para-hydroxylation sites is 1. The van der Waals surface area contributed by atoms with Gasteiger partial charge >= 0.3 is 0 Å². The lowest BCUT2D eigenvalue weighted by Gasteiger charge is -2.13. The van der Waals surface area contributed by atoms with Gasteiger partial charge in [0, 0.05) is 30.7 Å². The first-order chi connectivity index (χ1) is 16.4. The van der Waals surface area contributed by atoms with Crippen LogP contribution in [0.15, 0.2) is 82.4 Å². The summed E-state index contributed by atoms with van der Waals surface area (Å²) in [6.45, 7) is 0.313. The maximum absolute atomic E-state index is 13.0. The van der Waals surface area contributed by atoms with E-state index in [1.54, 1.807) is 36.4 Å². The van der Waals surface area contributed by atoms with Gasteiger partial charge in [-0.05, 0) is 60.6 Å². The molecule has 4 rings (SSSR count). The van der Waals surface area contributed by atoms with Crippen molar-refractivity contribution in [3.05, 3.63) is 84.3 Å². The van der Waals surface area contributed by atoms with Crippen LogP contribution in [0.25, 0.3) is 22.2 Å². The van der Waals surface area contributed by atoms with Crippen LogP contribution in [-0.2, 0) is 16.4 Å². The molecule has 3 N–H and O–H groups in total. The first-order valence-corrected chi connectivity index (χ1v) is 12.3. The summed E-state index contributed by atoms with van der Waals surface area (Å²) in [5.74, 6) is 0.166. The van der Waals surface area contributed by atoms with Crippen LogP contribution in [0.5, 0.6) is 0 Å². The van der Waals surface area contributed by atoms with Crippen molar-refractivity contribution in [1.29, 1.82) is 0 Å². The highest BCUT2D eigenvalue weighted by atomic mass is 32.2. The number of thiocarbonyl (C=S) groups is 1. The Morgan fingerprint density at radius 2 is 1.91 bits per heavy atom. The van der Waals surface area contributed by atoms with Crippen molar-refractivity contribution in [2.75, 3.05) is 13.6 Å². The van der Waals surface area contributed by atoms with Gasteiger partial charge < -0.3 is 15.1 Å². The van der Waals surface area contributed by atoms with Gasteiger partial charge in [0.05, 0.1) is 22.2 Å². The average molecular weight is 495 g/mol. The molecule has 8 nitrogen and oxygen atoms in total. The molecule has 0 aliphatic heterocycles. The molecule has 174 valence electrons. The molecule has 0 saturated carbocycles. The van der Waals surface area contributed by atoms with Gasteiger partial charge in [0.25, 0.3) is 15.9 Å². The summed E-state index contributed by atoms with van der Waals surface area (Å²) in [5.41, 5.74) is 2.41. The maximum Gasteiger partial charge on any atom is 0.264 e. The Morgan fingerprint density at radius 1 is 1.09 bits per heavy atom. The molecule has 0 fully saturated rings. The number of rotatable bonds is 7. The Labute approximate surface area is 202 Å². The Bertz CT molecular complexity index is 1450. The van der Waals surface area contributed by atoms with E-state index in [4.69, 9.17) is 16.6 Å². The lowest BCUT2D eigenvalue weighted by Crippen LogP contribution is -2.37. The summed E-state index contributed by atoms with van der Waals surface area (Å²) in [6, 6.07) is 17.8. The van der Waals surface area contributed by atoms with Crippen molar-refractivity contribution < 1.29 is 17.6 Å². The second-order valence-corrected chi connectivity index (χ2v) is 9.47. The molecule has 0 unspecified atom stereocenters. The van der Waals surface area contributed by atoms with Crippen molar-refractivity contribution >= 4 is 44.2 Å². The summed E-state index contributed by atoms with van der Waals surface area (Å²) in [5, 5.41) is 6.32. The van der Waals surface area contributed by atoms with E-state index in [-0.39, 0.29) is 15.9 Å². The molecule has 1 amide bonds. The first kappa shape index (κ1) is 23.4. The highest BCUT2D eigenvalue weighted by Gasteiger charge is 2.22. The van der Waals surface area contributed by atoms with Gasteiger partial charge in [-0.15, -0.1) is 0 Å². The largest absolute Gasteiger partial charge is 0.464 e. The van der Waals surface area contributed by atoms with Gasteiger partial charge in [0.15, 0.2) is 5.11 Å². The molecule has 0 aliphatic carbocycles. The Balaban J connectivity index is 1.51. The predicted molar refractivity (Wildman–Crippen MR) is 134 cm³/mol. The first-order valence-electron chi connectivity index (χ1n) is 10.4. The number of nitrogens with zero attached hydrogens (tertiary/aromatic N) is 1. The topological polar surface area (TPSA) is 113 Å². The quantitative estimate of drug-likeness (QED) is 0.338. The molecule has 2 heterocycles. The molecule has 10 heteroatoms. The fourth-order valence-electron chi connectivity index (χ4n) is 3.43. The molecule has 2 aromatic heterocycles. The van der Waals surface area contributed by atoms with Crippen LogP contribution in [0.1, 0.15) is 15.9 Å². The molecule has 0 spiro atoms. The van der Waals surface area contributed by atoms with Crippen LogP contribution in [-0.4, -0.2) is 38.0 Å². The second-order valence-electron chi connectivity index (χ2n) is 7.42. The van der Waals surface area contributed by atoms with Gasteiger partial charge in [-0.2, -0.15) is 0 Å². The number of nitrogens with one attached hydrogen (secondary N) is 3. The predicted octanol–water partition coefficient (Wildman–Crippen LogP) is 3.25. The number of amides is 1. The number of fused-ring (bicyclic) bond motifs is 1. The van der Waals surface area contributed by atoms with Crippen LogP contribution in [0.2, 0.25) is 0 Å². The Morgan fingerprint density at radius 3 is 2.68 bits per heavy atom. The van der Waals surface area contributed by atoms with Gasteiger partial charge in [-0.3, -0.25) is 14.5 Å². The van der Waals surface area contributed by atoms with Gasteiger partial charge in [-0.1, -0.05) is 24.3 Å². The van der Waals surface area contributed by atoms with Crippen molar-refractivity contribution in [2.24, 2.45) is 0 Å². The zero-order valence-corrected chi connectivity index (χ0v) is 19.9. The third-order valence-corrected chi connectivity index (χ3v) is 6.95. The zero-order chi connectivity index (χ0) is 24.1. The Kier molecular flexibility index (Phi) is 6.90. The van der Waals surface area contributed by atoms with Crippen LogP contribution >= 0.6 is 12.2 Å². The van der Waals surface area contributed by atoms with Crippen LogP contribution in [0, 0.1) is 0 Å². The molecule has 0 aliphatic rings. The van der Waals surface area contributed by atoms with E-state index >= 15 is 0 Å². The highest BCUT2D eigenvalue weighted by molar-refractivity contribution is 7.92. The molecule has 2 aromatic carbocycles. The third-order valence-electron chi connectivity index (χ3n) is 5.13. The van der Waals surface area contributed by atoms with Crippen LogP contribution in [0.4, 0.5) is 0 Å². The summed E-state index contributed by atoms with van der Waals surface area (Å²) in [7, 11) is -2.44. The van der Waals surface area contributed by atoms with Crippen molar-refractivity contribution in [1.82, 2.24) is 20.3 Å². The zero-order valence-electron chi connectivity index (χ0n) is 18.2. The fraction of sp³-hybridized carbons (Fsp3) is 0.125. The number of carbonyl (C=O) groups is 1. The molecule has 0 radical (unpaired) electrons. The van der Waals surface area contributed by atoms with Crippen LogP contribution < -0.4 is 15.4 Å². The second kappa shape index (κ2) is 10.0. The number of furan rings is 1. The van der Waals surface area contributed by atoms with Crippen molar-refractivity contribution in [3.8, 4) is 11.3 Å². The standard InChI is InChI=1S/C24H22N4O4S2/c1-25-24(33)28-34(30,31)22-13-16(8-9-19(22)21-7-4-12-32-21)10-11-26-23(29)18-14-17-5-2-3-6-20(17)27-15-18/h2-9,12-15H,10-11H2,1H3,(H,26,29)(H2,25,28,33). The average Bonchev–Trinajstić information content (AvgIpc) is 3.38. The van der Waals surface area contributed by atoms with Gasteiger partial charge in [-0.25, -0.2) is 8.42 Å². The SMILES string of the molecule is CNC(=S)NS(=O)(=O)c1cc(CCNC(=O)c2cnc3ccccc3c2)ccc1-c1ccco1. The molecule has 0 bridgehead atoms. The van der Waals surface area contributed by atoms with Gasteiger partial charge in [0.1, 0.15) is 5.76 Å². The summed E-state index contributed by atoms with van der Waals surface area (Å²) >= 11 is 4.98. The van der Waals surface area contributed by atoms with E-state index in [1.807, 2.05) is 24.3 Å². The van der Waals surface area contributed by atoms with Crippen molar-refractivity contribution in [2.45, 2.75) is 11.3 Å². The van der Waals surface area contributed by atoms with Crippen molar-refractivity contribution in [3.63, 3.8) is 0 Å². The number of hydrogen-bond donors (Lipinski definition) is 3. The summed E-state index contributed by atoms with van der Waals surface area (Å²) in [6.07, 6.45) is 3.43. The van der Waals surface area contributed by atoms with Gasteiger partial charge in [0.2, 0.25) is 0 Å². The van der Waals surface area contributed by atoms with Crippen LogP contribution in [0.3, 0.4) is 0 Å². The minimum absolute atomic E-state index is 0.0212. The number of hydrogen-bond acceptors (Lipinski definition) is 6. The van der Waals surface area contributed by atoms with E-state index in [9.17, 15) is 13.2 Å². The van der Waals surface area contributed by atoms with E-state index in [0.29, 0.717) is 29.9 Å². The third kappa shape index (κ3) is 5.24. The molecular weight excluding hydrogens is 472 g/mol. The number of sulfonamides is 1. The van der Waals surface area contributed by atoms with E-state index in [0.717, 1.165) is 16.5 Å². The molecule has 34 heavy (non-hydrogen) atoms. The smallest absolute Gasteiger partial charge is 0.264 e. The van der Waals surface area contributed by atoms with E-state index < -0.39 is 10.0 Å². The molecule has 0 saturated heterocycles. The lowest BCUT2D eigenvalue weighted by molar-refractivity contribution is 0.0954. The normalized spacial score (nSPS) is 11.2. The molecular formula is C24H22N4O4S2. The number of benzene rings is 2. The minimum Gasteiger partial charge on any atom is -0.464 e. The monoisotopic (exact) mass is 494 g/mol. The Hall–Kier alpha value is -3.76. The van der Waals surface area contributed by atoms with E-state index in [2.05, 4.69) is 20.3 Å². The molecule has 4 aromatic rings. The lowest BCUT2D eigenvalue weighted by atomic mass is 10.1. The molecule has 0 atom stereocenters. The summed E-state index contributed by atoms with van der Waals surface area (Å²) in [4.78, 5) is 16.9. The number of pyridine rings is 1.